The molecule has 27 rings (SSSR count). The van der Waals surface area contributed by atoms with Crippen LogP contribution in [-0.2, 0) is 5.41 Å². The Bertz CT molecular complexity index is 9020. The summed E-state index contributed by atoms with van der Waals surface area (Å²) in [5.41, 5.74) is 16.9. The number of benzene rings is 20. The van der Waals surface area contributed by atoms with Crippen LogP contribution in [0.4, 0.5) is 0 Å². The van der Waals surface area contributed by atoms with E-state index in [4.69, 9.17) is 19.9 Å². The van der Waals surface area contributed by atoms with Crippen LogP contribution in [0.3, 0.4) is 0 Å². The lowest BCUT2D eigenvalue weighted by Gasteiger charge is -2.30. The molecule has 7 nitrogen and oxygen atoms in total. The molecule has 1 aliphatic carbocycles. The maximum absolute atomic E-state index is 6.25. The fourth-order valence-corrected chi connectivity index (χ4v) is 22.6. The van der Waals surface area contributed by atoms with Crippen molar-refractivity contribution < 1.29 is 0 Å². The first-order chi connectivity index (χ1) is 58.4. The Morgan fingerprint density at radius 1 is 0.254 bits per heavy atom. The fourth-order valence-electron chi connectivity index (χ4n) is 21.4. The van der Waals surface area contributed by atoms with Gasteiger partial charge in [0.1, 0.15) is 0 Å². The number of rotatable bonds is 6. The third-order valence-corrected chi connectivity index (χ3v) is 27.7. The Kier molecular flexibility index (Phi) is 12.9. The third kappa shape index (κ3) is 8.54. The molecule has 6 heterocycles. The van der Waals surface area contributed by atoms with Crippen molar-refractivity contribution in [2.45, 2.75) is 12.3 Å². The monoisotopic (exact) mass is 1510 g/mol. The molecule has 1 atom stereocenters. The lowest BCUT2D eigenvalue weighted by atomic mass is 9.72. The van der Waals surface area contributed by atoms with Gasteiger partial charge in [0, 0.05) is 102 Å². The zero-order chi connectivity index (χ0) is 76.9. The molecule has 0 N–H and O–H groups in total. The van der Waals surface area contributed by atoms with Gasteiger partial charge in [-0.2, -0.15) is 0 Å². The standard InChI is InChI=1S/C110H63N7S/c1-110(87-43-20-17-40-84(87)105-103(110)106(85-42-23-41-83-78-38-19-22-45-95(78)118-107(83)85)114-109(113-105)117-91-57-49-64-26-7-10-31-70(64)100(91)101-93(117)59-53-80-73-34-12-11-32-71(73)72-33-15-16-39-79(72)96(80)101)66-50-52-82-86(61-66)75-36-14-13-35-74(75)81-54-58-92-102(97(81)82)99-69-30-9-6-25-63(69)48-56-90(99)116(92)108-111-88-55-47-62-24-5-8-29-68(62)98(88)104(112-108)65-46-51-77-76-37-18-21-44-89(76)115(94(77)60-65)67-27-3-2-4-28-67/h2-61H,1H3. The molecule has 20 aromatic carbocycles. The van der Waals surface area contributed by atoms with Gasteiger partial charge in [-0.15, -0.1) is 11.3 Å². The molecule has 544 valence electrons. The van der Waals surface area contributed by atoms with Crippen molar-refractivity contribution in [2.24, 2.45) is 0 Å². The molecule has 0 bridgehead atoms. The molecule has 8 heteroatoms. The molecule has 6 aromatic heterocycles. The quantitative estimate of drug-likeness (QED) is 0.156. The first-order valence-electron chi connectivity index (χ1n) is 40.6. The van der Waals surface area contributed by atoms with Crippen molar-refractivity contribution >= 4 is 205 Å². The predicted molar refractivity (Wildman–Crippen MR) is 497 cm³/mol. The summed E-state index contributed by atoms with van der Waals surface area (Å²) in [6.07, 6.45) is 0. The van der Waals surface area contributed by atoms with E-state index in [1.807, 2.05) is 11.3 Å². The van der Waals surface area contributed by atoms with Gasteiger partial charge in [-0.3, -0.25) is 9.13 Å². The summed E-state index contributed by atoms with van der Waals surface area (Å²) in [5.74, 6) is 1.23. The summed E-state index contributed by atoms with van der Waals surface area (Å²) in [4.78, 5) is 24.1. The molecule has 0 saturated heterocycles. The number of hydrogen-bond acceptors (Lipinski definition) is 5. The van der Waals surface area contributed by atoms with Crippen LogP contribution in [-0.4, -0.2) is 33.6 Å². The number of thiophene rings is 1. The second-order valence-corrected chi connectivity index (χ2v) is 33.3. The van der Waals surface area contributed by atoms with Crippen LogP contribution in [0.15, 0.2) is 364 Å². The molecule has 1 unspecified atom stereocenters. The zero-order valence-electron chi connectivity index (χ0n) is 63.7. The smallest absolute Gasteiger partial charge is 0.235 e. The van der Waals surface area contributed by atoms with Crippen molar-refractivity contribution in [3.8, 4) is 51.4 Å². The highest BCUT2D eigenvalue weighted by Gasteiger charge is 2.46. The molecule has 0 amide bonds. The highest BCUT2D eigenvalue weighted by molar-refractivity contribution is 7.26. The Morgan fingerprint density at radius 3 is 1.36 bits per heavy atom. The van der Waals surface area contributed by atoms with Crippen molar-refractivity contribution in [2.75, 3.05) is 0 Å². The number of nitrogens with zero attached hydrogens (tertiary/aromatic N) is 7. The van der Waals surface area contributed by atoms with E-state index < -0.39 is 5.41 Å². The molecule has 0 aliphatic heterocycles. The second kappa shape index (κ2) is 23.7. The van der Waals surface area contributed by atoms with E-state index >= 15 is 0 Å². The molecule has 26 aromatic rings. The van der Waals surface area contributed by atoms with Gasteiger partial charge < -0.3 is 4.57 Å². The average Bonchev–Trinajstić information content (AvgIpc) is 1.51. The fraction of sp³-hybridized carbons (Fsp3) is 0.0182. The molecule has 0 saturated carbocycles. The van der Waals surface area contributed by atoms with Crippen molar-refractivity contribution in [1.82, 2.24) is 33.6 Å². The number of fused-ring (bicyclic) bond motifs is 36. The Labute approximate surface area is 678 Å². The van der Waals surface area contributed by atoms with Crippen LogP contribution >= 0.6 is 11.3 Å². The maximum Gasteiger partial charge on any atom is 0.235 e. The summed E-state index contributed by atoms with van der Waals surface area (Å²) in [5, 5.41) is 31.9. The average molecular weight is 1510 g/mol. The normalized spacial score (nSPS) is 13.8. The Morgan fingerprint density at radius 2 is 0.695 bits per heavy atom. The van der Waals surface area contributed by atoms with E-state index in [2.05, 4.69) is 385 Å². The minimum Gasteiger partial charge on any atom is -0.309 e. The van der Waals surface area contributed by atoms with Crippen molar-refractivity contribution in [1.29, 1.82) is 0 Å². The maximum atomic E-state index is 6.25. The van der Waals surface area contributed by atoms with Crippen LogP contribution in [0.2, 0.25) is 0 Å². The van der Waals surface area contributed by atoms with Crippen molar-refractivity contribution in [3.63, 3.8) is 0 Å². The van der Waals surface area contributed by atoms with E-state index in [0.717, 1.165) is 138 Å². The van der Waals surface area contributed by atoms with Gasteiger partial charge in [0.15, 0.2) is 0 Å². The minimum atomic E-state index is -0.798. The van der Waals surface area contributed by atoms with Crippen LogP contribution in [0.25, 0.3) is 245 Å². The summed E-state index contributed by atoms with van der Waals surface area (Å²) < 4.78 is 9.58. The molecule has 0 spiro atoms. The van der Waals surface area contributed by atoms with Gasteiger partial charge in [-0.1, -0.05) is 297 Å². The number of para-hydroxylation sites is 2. The Balaban J connectivity index is 0.727. The minimum absolute atomic E-state index is 0.602. The molecule has 0 fully saturated rings. The van der Waals surface area contributed by atoms with E-state index in [1.54, 1.807) is 0 Å². The highest BCUT2D eigenvalue weighted by atomic mass is 32.1. The first kappa shape index (κ1) is 64.2. The largest absolute Gasteiger partial charge is 0.309 e. The van der Waals surface area contributed by atoms with Gasteiger partial charge in [0.05, 0.1) is 55.7 Å². The van der Waals surface area contributed by atoms with Gasteiger partial charge in [-0.25, -0.2) is 19.9 Å². The van der Waals surface area contributed by atoms with Crippen LogP contribution in [0.5, 0.6) is 0 Å². The van der Waals surface area contributed by atoms with Crippen LogP contribution in [0.1, 0.15) is 23.6 Å². The summed E-state index contributed by atoms with van der Waals surface area (Å²) >= 11 is 1.85. The predicted octanol–water partition coefficient (Wildman–Crippen LogP) is 29.1. The molecular formula is C110H63N7S. The van der Waals surface area contributed by atoms with Crippen LogP contribution in [0, 0.1) is 0 Å². The van der Waals surface area contributed by atoms with Gasteiger partial charge >= 0.3 is 0 Å². The first-order valence-corrected chi connectivity index (χ1v) is 41.4. The van der Waals surface area contributed by atoms with Gasteiger partial charge in [0.2, 0.25) is 11.9 Å². The third-order valence-electron chi connectivity index (χ3n) is 26.4. The lowest BCUT2D eigenvalue weighted by molar-refractivity contribution is 0.710. The second-order valence-electron chi connectivity index (χ2n) is 32.2. The molecule has 1 aliphatic rings. The van der Waals surface area contributed by atoms with Crippen LogP contribution < -0.4 is 0 Å². The lowest BCUT2D eigenvalue weighted by Crippen LogP contribution is -2.24. The summed E-state index contributed by atoms with van der Waals surface area (Å²) in [6.45, 7) is 2.45. The highest BCUT2D eigenvalue weighted by Crippen LogP contribution is 2.58. The summed E-state index contributed by atoms with van der Waals surface area (Å²) in [6, 6.07) is 135. The molecule has 0 radical (unpaired) electrons. The zero-order valence-corrected chi connectivity index (χ0v) is 64.5. The van der Waals surface area contributed by atoms with E-state index in [1.165, 1.54) is 112 Å². The topological polar surface area (TPSA) is 66.3 Å². The number of hydrogen-bond donors (Lipinski definition) is 0. The SMILES string of the molecule is CC1(c2ccc3c(c2)c2ccccc2c2ccc4c(c23)c2c3ccccc3ccc2n4-c2nc(-c3ccc4c5ccccc5n(-c5ccccc5)c4c3)c3c(ccc4ccccc43)n2)c2ccccc2-c2nc(-n3c4ccc5ccccc5c4c4c5c6ccccc6c6ccccc6c5ccc43)nc(-c3cccc4c3sc3ccccc34)c21. The van der Waals surface area contributed by atoms with Gasteiger partial charge in [-0.05, 0) is 171 Å². The summed E-state index contributed by atoms with van der Waals surface area (Å²) in [7, 11) is 0. The van der Waals surface area contributed by atoms with E-state index in [9.17, 15) is 0 Å². The van der Waals surface area contributed by atoms with Crippen molar-refractivity contribution in [3.05, 3.63) is 381 Å². The Hall–Kier alpha value is -15.2. The molecular weight excluding hydrogens is 1450 g/mol. The number of aromatic nitrogens is 7. The molecule has 118 heavy (non-hydrogen) atoms. The van der Waals surface area contributed by atoms with E-state index in [0.29, 0.717) is 11.9 Å². The van der Waals surface area contributed by atoms with E-state index in [-0.39, 0.29) is 0 Å². The van der Waals surface area contributed by atoms with Gasteiger partial charge in [0.25, 0.3) is 0 Å².